The normalized spacial score (nSPS) is 10.3. The van der Waals surface area contributed by atoms with E-state index in [-0.39, 0.29) is 5.95 Å². The summed E-state index contributed by atoms with van der Waals surface area (Å²) >= 11 is 0. The largest absolute Gasteiger partial charge is 0.368 e. The Kier molecular flexibility index (Phi) is 3.79. The molecule has 0 unspecified atom stereocenters. The monoisotopic (exact) mass is 258 g/mol. The molecule has 0 saturated heterocycles. The molecule has 0 aliphatic carbocycles. The van der Waals surface area contributed by atoms with Crippen LogP contribution in [0.3, 0.4) is 0 Å². The molecule has 1 aromatic heterocycles. The van der Waals surface area contributed by atoms with Crippen LogP contribution in [-0.2, 0) is 6.54 Å². The van der Waals surface area contributed by atoms with E-state index in [0.29, 0.717) is 11.9 Å². The van der Waals surface area contributed by atoms with Crippen LogP contribution in [0.25, 0.3) is 0 Å². The summed E-state index contributed by atoms with van der Waals surface area (Å²) in [7, 11) is 5.67. The Morgan fingerprint density at radius 2 is 1.58 bits per heavy atom. The van der Waals surface area contributed by atoms with Gasteiger partial charge in [0, 0.05) is 27.7 Å². The van der Waals surface area contributed by atoms with Gasteiger partial charge in [0.2, 0.25) is 17.8 Å². The summed E-state index contributed by atoms with van der Waals surface area (Å²) in [6.07, 6.45) is 0. The third-order valence-electron chi connectivity index (χ3n) is 2.63. The maximum atomic E-state index is 5.71. The number of hydrogen-bond donors (Lipinski definition) is 1. The number of anilines is 3. The third kappa shape index (κ3) is 3.31. The van der Waals surface area contributed by atoms with Gasteiger partial charge in [0.05, 0.1) is 0 Å². The lowest BCUT2D eigenvalue weighted by atomic mass is 10.2. The number of aromatic nitrogens is 3. The molecule has 2 N–H and O–H groups in total. The Bertz CT molecular complexity index is 540. The van der Waals surface area contributed by atoms with E-state index in [9.17, 15) is 0 Å². The molecular weight excluding hydrogens is 240 g/mol. The Balaban J connectivity index is 2.21. The standard InChI is InChI=1S/C13H18N6/c1-18(2)12-15-11(14)16-13(17-12)19(3)9-10-7-5-4-6-8-10/h4-8H,9H2,1-3H3,(H2,14,15,16,17). The van der Waals surface area contributed by atoms with Gasteiger partial charge in [-0.1, -0.05) is 30.3 Å². The van der Waals surface area contributed by atoms with Crippen LogP contribution in [0, 0.1) is 0 Å². The van der Waals surface area contributed by atoms with E-state index >= 15 is 0 Å². The van der Waals surface area contributed by atoms with Crippen molar-refractivity contribution in [2.24, 2.45) is 0 Å². The molecule has 6 nitrogen and oxygen atoms in total. The molecule has 0 fully saturated rings. The van der Waals surface area contributed by atoms with Gasteiger partial charge in [-0.25, -0.2) is 0 Å². The highest BCUT2D eigenvalue weighted by Gasteiger charge is 2.10. The van der Waals surface area contributed by atoms with Gasteiger partial charge in [0.15, 0.2) is 0 Å². The summed E-state index contributed by atoms with van der Waals surface area (Å²) in [6, 6.07) is 10.1. The quantitative estimate of drug-likeness (QED) is 0.887. The van der Waals surface area contributed by atoms with Crippen molar-refractivity contribution >= 4 is 17.8 Å². The summed E-state index contributed by atoms with van der Waals surface area (Å²) in [5.41, 5.74) is 6.90. The number of hydrogen-bond acceptors (Lipinski definition) is 6. The van der Waals surface area contributed by atoms with Gasteiger partial charge < -0.3 is 15.5 Å². The first kappa shape index (κ1) is 13.1. The minimum atomic E-state index is 0.230. The zero-order valence-corrected chi connectivity index (χ0v) is 11.4. The van der Waals surface area contributed by atoms with Gasteiger partial charge in [0.25, 0.3) is 0 Å². The smallest absolute Gasteiger partial charge is 0.231 e. The van der Waals surface area contributed by atoms with E-state index in [4.69, 9.17) is 5.73 Å². The topological polar surface area (TPSA) is 71.2 Å². The first-order valence-corrected chi connectivity index (χ1v) is 6.00. The SMILES string of the molecule is CN(C)c1nc(N)nc(N(C)Cc2ccccc2)n1. The van der Waals surface area contributed by atoms with Crippen LogP contribution in [0.2, 0.25) is 0 Å². The Hall–Kier alpha value is -2.37. The highest BCUT2D eigenvalue weighted by molar-refractivity contribution is 5.42. The Morgan fingerprint density at radius 1 is 0.947 bits per heavy atom. The predicted octanol–water partition coefficient (Wildman–Crippen LogP) is 1.16. The lowest BCUT2D eigenvalue weighted by Crippen LogP contribution is -2.22. The minimum absolute atomic E-state index is 0.230. The summed E-state index contributed by atoms with van der Waals surface area (Å²) in [5.74, 6) is 1.36. The number of benzene rings is 1. The Morgan fingerprint density at radius 3 is 2.21 bits per heavy atom. The van der Waals surface area contributed by atoms with Crippen molar-refractivity contribution in [3.05, 3.63) is 35.9 Å². The van der Waals surface area contributed by atoms with Crippen LogP contribution in [0.4, 0.5) is 17.8 Å². The molecule has 1 aromatic carbocycles. The molecule has 19 heavy (non-hydrogen) atoms. The van der Waals surface area contributed by atoms with E-state index in [1.54, 1.807) is 4.90 Å². The minimum Gasteiger partial charge on any atom is -0.368 e. The van der Waals surface area contributed by atoms with Crippen LogP contribution >= 0.6 is 0 Å². The zero-order chi connectivity index (χ0) is 13.8. The van der Waals surface area contributed by atoms with E-state index in [2.05, 4.69) is 27.1 Å². The number of rotatable bonds is 4. The van der Waals surface area contributed by atoms with Crippen LogP contribution in [-0.4, -0.2) is 36.1 Å². The summed E-state index contributed by atoms with van der Waals surface area (Å²) in [6.45, 7) is 0.719. The van der Waals surface area contributed by atoms with Crippen molar-refractivity contribution in [3.63, 3.8) is 0 Å². The maximum Gasteiger partial charge on any atom is 0.231 e. The van der Waals surface area contributed by atoms with Crippen molar-refractivity contribution in [2.45, 2.75) is 6.54 Å². The lowest BCUT2D eigenvalue weighted by Gasteiger charge is -2.19. The van der Waals surface area contributed by atoms with Crippen LogP contribution in [0.5, 0.6) is 0 Å². The average molecular weight is 258 g/mol. The predicted molar refractivity (Wildman–Crippen MR) is 77.1 cm³/mol. The molecule has 6 heteroatoms. The van der Waals surface area contributed by atoms with Gasteiger partial charge in [-0.3, -0.25) is 0 Å². The zero-order valence-electron chi connectivity index (χ0n) is 11.4. The van der Waals surface area contributed by atoms with E-state index in [0.717, 1.165) is 6.54 Å². The fourth-order valence-corrected chi connectivity index (χ4v) is 1.67. The highest BCUT2D eigenvalue weighted by atomic mass is 15.3. The second kappa shape index (κ2) is 5.51. The molecule has 0 spiro atoms. The van der Waals surface area contributed by atoms with E-state index in [1.165, 1.54) is 5.56 Å². The average Bonchev–Trinajstić information content (AvgIpc) is 2.39. The number of nitrogens with zero attached hydrogens (tertiary/aromatic N) is 5. The van der Waals surface area contributed by atoms with Crippen LogP contribution in [0.15, 0.2) is 30.3 Å². The summed E-state index contributed by atoms with van der Waals surface area (Å²) in [4.78, 5) is 16.4. The first-order chi connectivity index (χ1) is 9.06. The molecule has 0 radical (unpaired) electrons. The summed E-state index contributed by atoms with van der Waals surface area (Å²) < 4.78 is 0. The number of nitrogens with two attached hydrogens (primary N) is 1. The van der Waals surface area contributed by atoms with Crippen molar-refractivity contribution in [3.8, 4) is 0 Å². The van der Waals surface area contributed by atoms with Gasteiger partial charge in [-0.2, -0.15) is 15.0 Å². The molecule has 0 atom stereocenters. The van der Waals surface area contributed by atoms with Gasteiger partial charge in [0.1, 0.15) is 0 Å². The van der Waals surface area contributed by atoms with E-state index < -0.39 is 0 Å². The fraction of sp³-hybridized carbons (Fsp3) is 0.308. The highest BCUT2D eigenvalue weighted by Crippen LogP contribution is 2.14. The lowest BCUT2D eigenvalue weighted by molar-refractivity contribution is 0.846. The molecular formula is C13H18N6. The maximum absolute atomic E-state index is 5.71. The van der Waals surface area contributed by atoms with Gasteiger partial charge in [-0.15, -0.1) is 0 Å². The fourth-order valence-electron chi connectivity index (χ4n) is 1.67. The molecule has 0 amide bonds. The molecule has 0 saturated carbocycles. The second-order valence-corrected chi connectivity index (χ2v) is 4.53. The molecule has 2 rings (SSSR count). The van der Waals surface area contributed by atoms with E-state index in [1.807, 2.05) is 44.2 Å². The second-order valence-electron chi connectivity index (χ2n) is 4.53. The Labute approximate surface area is 112 Å². The number of nitrogen functional groups attached to an aromatic ring is 1. The molecule has 0 aliphatic heterocycles. The van der Waals surface area contributed by atoms with Gasteiger partial charge >= 0.3 is 0 Å². The third-order valence-corrected chi connectivity index (χ3v) is 2.63. The van der Waals surface area contributed by atoms with Crippen molar-refractivity contribution in [1.29, 1.82) is 0 Å². The molecule has 100 valence electrons. The molecule has 0 aliphatic rings. The molecule has 0 bridgehead atoms. The summed E-state index contributed by atoms with van der Waals surface area (Å²) in [5, 5.41) is 0. The van der Waals surface area contributed by atoms with Crippen LogP contribution < -0.4 is 15.5 Å². The first-order valence-electron chi connectivity index (χ1n) is 6.00. The molecule has 1 heterocycles. The van der Waals surface area contributed by atoms with Crippen molar-refractivity contribution in [1.82, 2.24) is 15.0 Å². The van der Waals surface area contributed by atoms with Crippen molar-refractivity contribution in [2.75, 3.05) is 36.7 Å². The van der Waals surface area contributed by atoms with Crippen LogP contribution in [0.1, 0.15) is 5.56 Å². The van der Waals surface area contributed by atoms with Crippen molar-refractivity contribution < 1.29 is 0 Å². The molecule has 2 aromatic rings. The van der Waals surface area contributed by atoms with Gasteiger partial charge in [-0.05, 0) is 5.56 Å².